The summed E-state index contributed by atoms with van der Waals surface area (Å²) in [6.45, 7) is 11.1. The molecule has 96 valence electrons. The molecular formula is C13H28N2S. The van der Waals surface area contributed by atoms with Gasteiger partial charge in [-0.05, 0) is 45.3 Å². The second-order valence-electron chi connectivity index (χ2n) is 5.84. The van der Waals surface area contributed by atoms with Crippen LogP contribution in [0.4, 0.5) is 0 Å². The first-order valence-corrected chi connectivity index (χ1v) is 6.65. The third-order valence-electron chi connectivity index (χ3n) is 3.10. The molecule has 0 aliphatic carbocycles. The third kappa shape index (κ3) is 7.18. The first-order chi connectivity index (χ1) is 7.25. The van der Waals surface area contributed by atoms with E-state index in [1.54, 1.807) is 0 Å². The number of rotatable bonds is 8. The van der Waals surface area contributed by atoms with Crippen molar-refractivity contribution in [3.8, 4) is 0 Å². The maximum Gasteiger partial charge on any atom is 0.0784 e. The predicted molar refractivity (Wildman–Crippen MR) is 76.8 cm³/mol. The fourth-order valence-electron chi connectivity index (χ4n) is 1.50. The summed E-state index contributed by atoms with van der Waals surface area (Å²) in [7, 11) is 2.19. The normalized spacial score (nSPS) is 12.4. The molecule has 0 aromatic carbocycles. The standard InChI is InChI=1S/C13H28N2S/c1-11(2)7-10-15(5)9-6-8-13(3,4)12(14)16/h11H,6-10H2,1-5H3,(H2,14,16). The lowest BCUT2D eigenvalue weighted by Crippen LogP contribution is -2.31. The van der Waals surface area contributed by atoms with Crippen molar-refractivity contribution in [3.05, 3.63) is 0 Å². The van der Waals surface area contributed by atoms with E-state index in [2.05, 4.69) is 39.6 Å². The van der Waals surface area contributed by atoms with Crippen LogP contribution in [-0.4, -0.2) is 30.0 Å². The molecule has 0 aliphatic heterocycles. The average molecular weight is 244 g/mol. The average Bonchev–Trinajstić information content (AvgIpc) is 2.14. The van der Waals surface area contributed by atoms with Crippen LogP contribution in [0, 0.1) is 11.3 Å². The second-order valence-corrected chi connectivity index (χ2v) is 6.28. The second kappa shape index (κ2) is 7.23. The van der Waals surface area contributed by atoms with Gasteiger partial charge < -0.3 is 10.6 Å². The summed E-state index contributed by atoms with van der Waals surface area (Å²) >= 11 is 5.06. The van der Waals surface area contributed by atoms with Crippen LogP contribution in [0.1, 0.15) is 47.0 Å². The van der Waals surface area contributed by atoms with Gasteiger partial charge in [0.05, 0.1) is 4.99 Å². The highest BCUT2D eigenvalue weighted by Gasteiger charge is 2.20. The van der Waals surface area contributed by atoms with E-state index < -0.39 is 0 Å². The fourth-order valence-corrected chi connectivity index (χ4v) is 1.61. The molecule has 0 saturated carbocycles. The van der Waals surface area contributed by atoms with E-state index in [9.17, 15) is 0 Å². The molecule has 16 heavy (non-hydrogen) atoms. The summed E-state index contributed by atoms with van der Waals surface area (Å²) in [5.74, 6) is 0.788. The van der Waals surface area contributed by atoms with Gasteiger partial charge in [0, 0.05) is 5.41 Å². The van der Waals surface area contributed by atoms with Crippen molar-refractivity contribution < 1.29 is 0 Å². The van der Waals surface area contributed by atoms with Crippen LogP contribution >= 0.6 is 12.2 Å². The van der Waals surface area contributed by atoms with Crippen LogP contribution in [-0.2, 0) is 0 Å². The minimum atomic E-state index is 0.00816. The van der Waals surface area contributed by atoms with Crippen molar-refractivity contribution in [2.24, 2.45) is 17.1 Å². The maximum absolute atomic E-state index is 5.70. The fraction of sp³-hybridized carbons (Fsp3) is 0.923. The molecule has 0 radical (unpaired) electrons. The van der Waals surface area contributed by atoms with Crippen molar-refractivity contribution in [2.75, 3.05) is 20.1 Å². The van der Waals surface area contributed by atoms with Gasteiger partial charge in [-0.15, -0.1) is 0 Å². The molecule has 0 spiro atoms. The van der Waals surface area contributed by atoms with E-state index in [-0.39, 0.29) is 5.41 Å². The summed E-state index contributed by atoms with van der Waals surface area (Å²) in [6, 6.07) is 0. The van der Waals surface area contributed by atoms with E-state index in [1.807, 2.05) is 0 Å². The first-order valence-electron chi connectivity index (χ1n) is 6.24. The minimum absolute atomic E-state index is 0.00816. The lowest BCUT2D eigenvalue weighted by Gasteiger charge is -2.25. The molecule has 0 aromatic rings. The van der Waals surface area contributed by atoms with Crippen LogP contribution in [0.3, 0.4) is 0 Å². The Hall–Kier alpha value is -0.150. The molecule has 3 heteroatoms. The van der Waals surface area contributed by atoms with Crippen molar-refractivity contribution in [1.29, 1.82) is 0 Å². The summed E-state index contributed by atoms with van der Waals surface area (Å²) in [4.78, 5) is 3.03. The van der Waals surface area contributed by atoms with Gasteiger partial charge in [0.2, 0.25) is 0 Å². The van der Waals surface area contributed by atoms with Gasteiger partial charge in [-0.1, -0.05) is 39.9 Å². The molecule has 0 heterocycles. The Labute approximate surface area is 107 Å². The van der Waals surface area contributed by atoms with E-state index in [0.717, 1.165) is 18.9 Å². The Morgan fingerprint density at radius 2 is 1.88 bits per heavy atom. The van der Waals surface area contributed by atoms with Gasteiger partial charge in [-0.2, -0.15) is 0 Å². The highest BCUT2D eigenvalue weighted by molar-refractivity contribution is 7.80. The van der Waals surface area contributed by atoms with Gasteiger partial charge >= 0.3 is 0 Å². The quantitative estimate of drug-likeness (QED) is 0.665. The Kier molecular flexibility index (Phi) is 7.16. The largest absolute Gasteiger partial charge is 0.393 e. The lowest BCUT2D eigenvalue weighted by molar-refractivity contribution is 0.290. The van der Waals surface area contributed by atoms with Crippen LogP contribution in [0.15, 0.2) is 0 Å². The topological polar surface area (TPSA) is 29.3 Å². The lowest BCUT2D eigenvalue weighted by atomic mass is 9.88. The number of nitrogens with two attached hydrogens (primary N) is 1. The SMILES string of the molecule is CC(C)CCN(C)CCCC(C)(C)C(N)=S. The van der Waals surface area contributed by atoms with Gasteiger partial charge in [0.1, 0.15) is 0 Å². The number of hydrogen-bond acceptors (Lipinski definition) is 2. The molecule has 0 saturated heterocycles. The van der Waals surface area contributed by atoms with Crippen molar-refractivity contribution in [1.82, 2.24) is 4.90 Å². The molecule has 0 bridgehead atoms. The van der Waals surface area contributed by atoms with Gasteiger partial charge in [-0.25, -0.2) is 0 Å². The smallest absolute Gasteiger partial charge is 0.0784 e. The van der Waals surface area contributed by atoms with E-state index >= 15 is 0 Å². The number of nitrogens with zero attached hydrogens (tertiary/aromatic N) is 1. The van der Waals surface area contributed by atoms with Gasteiger partial charge in [-0.3, -0.25) is 0 Å². The zero-order valence-corrected chi connectivity index (χ0v) is 12.4. The molecule has 0 rings (SSSR count). The first kappa shape index (κ1) is 15.9. The Morgan fingerprint density at radius 3 is 2.31 bits per heavy atom. The van der Waals surface area contributed by atoms with Crippen LogP contribution in [0.25, 0.3) is 0 Å². The Morgan fingerprint density at radius 1 is 1.31 bits per heavy atom. The van der Waals surface area contributed by atoms with Crippen LogP contribution in [0.2, 0.25) is 0 Å². The Balaban J connectivity index is 3.69. The molecule has 0 atom stereocenters. The van der Waals surface area contributed by atoms with Gasteiger partial charge in [0.15, 0.2) is 0 Å². The molecular weight excluding hydrogens is 216 g/mol. The van der Waals surface area contributed by atoms with Crippen LogP contribution < -0.4 is 5.73 Å². The van der Waals surface area contributed by atoms with Crippen molar-refractivity contribution in [3.63, 3.8) is 0 Å². The van der Waals surface area contributed by atoms with Gasteiger partial charge in [0.25, 0.3) is 0 Å². The summed E-state index contributed by atoms with van der Waals surface area (Å²) in [6.07, 6.45) is 3.52. The van der Waals surface area contributed by atoms with E-state index in [1.165, 1.54) is 19.4 Å². The summed E-state index contributed by atoms with van der Waals surface area (Å²) in [5, 5.41) is 0. The molecule has 0 amide bonds. The highest BCUT2D eigenvalue weighted by atomic mass is 32.1. The molecule has 0 unspecified atom stereocenters. The summed E-state index contributed by atoms with van der Waals surface area (Å²) < 4.78 is 0. The maximum atomic E-state index is 5.70. The zero-order valence-electron chi connectivity index (χ0n) is 11.5. The number of thiocarbonyl (C=S) groups is 1. The zero-order chi connectivity index (χ0) is 12.8. The molecule has 2 nitrogen and oxygen atoms in total. The Bertz CT molecular complexity index is 212. The number of hydrogen-bond donors (Lipinski definition) is 1. The highest BCUT2D eigenvalue weighted by Crippen LogP contribution is 2.22. The molecule has 0 aliphatic rings. The molecule has 0 aromatic heterocycles. The molecule has 0 fully saturated rings. The third-order valence-corrected chi connectivity index (χ3v) is 3.65. The minimum Gasteiger partial charge on any atom is -0.393 e. The van der Waals surface area contributed by atoms with Crippen LogP contribution in [0.5, 0.6) is 0 Å². The van der Waals surface area contributed by atoms with E-state index in [0.29, 0.717) is 4.99 Å². The van der Waals surface area contributed by atoms with Crippen molar-refractivity contribution in [2.45, 2.75) is 47.0 Å². The predicted octanol–water partition coefficient (Wildman–Crippen LogP) is 3.06. The molecule has 2 N–H and O–H groups in total. The van der Waals surface area contributed by atoms with E-state index in [4.69, 9.17) is 18.0 Å². The van der Waals surface area contributed by atoms with Crippen molar-refractivity contribution >= 4 is 17.2 Å². The monoisotopic (exact) mass is 244 g/mol. The summed E-state index contributed by atoms with van der Waals surface area (Å²) in [5.41, 5.74) is 5.71.